The summed E-state index contributed by atoms with van der Waals surface area (Å²) in [6.07, 6.45) is 5.50. The van der Waals surface area contributed by atoms with Crippen LogP contribution in [-0.2, 0) is 12.2 Å². The summed E-state index contributed by atoms with van der Waals surface area (Å²) in [5.74, 6) is 0.662. The second-order valence-electron chi connectivity index (χ2n) is 5.97. The molecular weight excluding hydrogens is 362 g/mol. The molecule has 0 radical (unpaired) electrons. The third kappa shape index (κ3) is 6.69. The number of benzene rings is 2. The molecule has 26 heavy (non-hydrogen) atoms. The van der Waals surface area contributed by atoms with Crippen molar-refractivity contribution in [2.24, 2.45) is 0 Å². The lowest BCUT2D eigenvalue weighted by Crippen LogP contribution is -2.43. The molecule has 4 nitrogen and oxygen atoms in total. The van der Waals surface area contributed by atoms with Gasteiger partial charge in [-0.25, -0.2) is 0 Å². The molecule has 138 valence electrons. The number of unbranched alkanes of at least 4 members (excludes halogenated alkanes) is 1. The van der Waals surface area contributed by atoms with Gasteiger partial charge in [0.25, 0.3) is 5.91 Å². The van der Waals surface area contributed by atoms with E-state index in [9.17, 15) is 4.79 Å². The highest BCUT2D eigenvalue weighted by molar-refractivity contribution is 7.97. The summed E-state index contributed by atoms with van der Waals surface area (Å²) in [7, 11) is 0. The van der Waals surface area contributed by atoms with Gasteiger partial charge in [-0.15, -0.1) is 0 Å². The first kappa shape index (κ1) is 20.3. The van der Waals surface area contributed by atoms with Crippen LogP contribution in [0.25, 0.3) is 0 Å². The van der Waals surface area contributed by atoms with E-state index in [0.29, 0.717) is 10.7 Å². The predicted molar refractivity (Wildman–Crippen MR) is 116 cm³/mol. The number of carbonyl (C=O) groups excluding carboxylic acids is 1. The fourth-order valence-corrected chi connectivity index (χ4v) is 3.13. The summed E-state index contributed by atoms with van der Waals surface area (Å²) < 4.78 is 0. The smallest absolute Gasteiger partial charge is 0.269 e. The quantitative estimate of drug-likeness (QED) is 0.482. The van der Waals surface area contributed by atoms with Crippen molar-refractivity contribution in [1.29, 1.82) is 0 Å². The molecule has 2 rings (SSSR count). The number of thioether (sulfide) groups is 1. The molecule has 0 unspecified atom stereocenters. The lowest BCUT2D eigenvalue weighted by molar-refractivity contribution is 0.0944. The van der Waals surface area contributed by atoms with E-state index in [4.69, 9.17) is 12.2 Å². The number of hydrogen-bond donors (Lipinski definition) is 3. The molecule has 0 heterocycles. The van der Waals surface area contributed by atoms with Crippen molar-refractivity contribution in [2.75, 3.05) is 11.6 Å². The van der Waals surface area contributed by atoms with Crippen molar-refractivity contribution in [1.82, 2.24) is 10.9 Å². The van der Waals surface area contributed by atoms with Gasteiger partial charge in [-0.1, -0.05) is 37.6 Å². The maximum atomic E-state index is 12.2. The van der Waals surface area contributed by atoms with Gasteiger partial charge in [-0.2, -0.15) is 11.8 Å². The van der Waals surface area contributed by atoms with Gasteiger partial charge in [0.2, 0.25) is 0 Å². The molecule has 0 aliphatic rings. The number of hydrogen-bond acceptors (Lipinski definition) is 3. The molecule has 0 aliphatic carbocycles. The number of aryl methyl sites for hydroxylation is 1. The largest absolute Gasteiger partial charge is 0.331 e. The molecule has 2 aromatic carbocycles. The van der Waals surface area contributed by atoms with Crippen molar-refractivity contribution >= 4 is 40.7 Å². The Bertz CT molecular complexity index is 732. The van der Waals surface area contributed by atoms with Crippen LogP contribution in [0, 0.1) is 0 Å². The fraction of sp³-hybridized carbons (Fsp3) is 0.300. The first-order valence-corrected chi connectivity index (χ1v) is 10.5. The summed E-state index contributed by atoms with van der Waals surface area (Å²) in [5, 5.41) is 3.41. The van der Waals surface area contributed by atoms with E-state index < -0.39 is 0 Å². The Morgan fingerprint density at radius 2 is 1.85 bits per heavy atom. The average molecular weight is 388 g/mol. The first-order chi connectivity index (χ1) is 12.6. The van der Waals surface area contributed by atoms with Crippen molar-refractivity contribution in [3.63, 3.8) is 0 Å². The highest BCUT2D eigenvalue weighted by Crippen LogP contribution is 2.12. The highest BCUT2D eigenvalue weighted by Gasteiger charge is 2.07. The number of rotatable bonds is 7. The Hall–Kier alpha value is -2.05. The maximum Gasteiger partial charge on any atom is 0.269 e. The standard InChI is InChI=1S/C20H25N3OS2/c1-3-4-6-15-9-11-18(12-10-15)21-20(25)23-22-19(24)17-8-5-7-16(13-17)14-26-2/h5,7-13H,3-4,6,14H2,1-2H3,(H,22,24)(H2,21,23,25). The van der Waals surface area contributed by atoms with Gasteiger partial charge < -0.3 is 5.32 Å². The normalized spacial score (nSPS) is 10.2. The molecule has 0 saturated carbocycles. The SMILES string of the molecule is CCCCc1ccc(NC(=S)NNC(=O)c2cccc(CSC)c2)cc1. The molecule has 0 saturated heterocycles. The summed E-state index contributed by atoms with van der Waals surface area (Å²) in [6.45, 7) is 2.19. The van der Waals surface area contributed by atoms with E-state index in [0.717, 1.165) is 23.4 Å². The summed E-state index contributed by atoms with van der Waals surface area (Å²) in [4.78, 5) is 12.2. The maximum absolute atomic E-state index is 12.2. The third-order valence-corrected chi connectivity index (χ3v) is 4.65. The molecule has 3 N–H and O–H groups in total. The number of thiocarbonyl (C=S) groups is 1. The number of carbonyl (C=O) groups is 1. The molecule has 0 atom stereocenters. The van der Waals surface area contributed by atoms with E-state index >= 15 is 0 Å². The van der Waals surface area contributed by atoms with Gasteiger partial charge in [0.1, 0.15) is 0 Å². The first-order valence-electron chi connectivity index (χ1n) is 8.66. The van der Waals surface area contributed by atoms with Gasteiger partial charge in [0, 0.05) is 17.0 Å². The molecule has 0 aromatic heterocycles. The van der Waals surface area contributed by atoms with Crippen LogP contribution in [-0.4, -0.2) is 17.3 Å². The van der Waals surface area contributed by atoms with Crippen LogP contribution in [0.1, 0.15) is 41.3 Å². The third-order valence-electron chi connectivity index (χ3n) is 3.82. The number of anilines is 1. The summed E-state index contributed by atoms with van der Waals surface area (Å²) >= 11 is 6.96. The topological polar surface area (TPSA) is 53.2 Å². The number of amides is 1. The highest BCUT2D eigenvalue weighted by atomic mass is 32.2. The molecule has 1 amide bonds. The number of hydrazine groups is 1. The van der Waals surface area contributed by atoms with Crippen LogP contribution in [0.5, 0.6) is 0 Å². The summed E-state index contributed by atoms with van der Waals surface area (Å²) in [5.41, 5.74) is 9.30. The molecule has 6 heteroatoms. The van der Waals surface area contributed by atoms with Gasteiger partial charge in [-0.3, -0.25) is 15.6 Å². The van der Waals surface area contributed by atoms with Crippen molar-refractivity contribution < 1.29 is 4.79 Å². The molecular formula is C20H25N3OS2. The molecule has 0 fully saturated rings. The van der Waals surface area contributed by atoms with Crippen LogP contribution in [0.3, 0.4) is 0 Å². The van der Waals surface area contributed by atoms with Crippen molar-refractivity contribution in [3.05, 3.63) is 65.2 Å². The minimum atomic E-state index is -0.216. The van der Waals surface area contributed by atoms with Crippen LogP contribution in [0.15, 0.2) is 48.5 Å². The van der Waals surface area contributed by atoms with Gasteiger partial charge in [0.05, 0.1) is 0 Å². The molecule has 0 spiro atoms. The van der Waals surface area contributed by atoms with Crippen molar-refractivity contribution in [2.45, 2.75) is 31.9 Å². The Morgan fingerprint density at radius 3 is 2.54 bits per heavy atom. The minimum Gasteiger partial charge on any atom is -0.331 e. The fourth-order valence-electron chi connectivity index (χ4n) is 2.45. The Kier molecular flexibility index (Phi) is 8.44. The van der Waals surface area contributed by atoms with E-state index in [1.54, 1.807) is 17.8 Å². The molecule has 0 aliphatic heterocycles. The molecule has 0 bridgehead atoms. The van der Waals surface area contributed by atoms with Gasteiger partial charge >= 0.3 is 0 Å². The monoisotopic (exact) mass is 387 g/mol. The lowest BCUT2D eigenvalue weighted by Gasteiger charge is -2.12. The van der Waals surface area contributed by atoms with Gasteiger partial charge in [0.15, 0.2) is 5.11 Å². The minimum absolute atomic E-state index is 0.216. The zero-order chi connectivity index (χ0) is 18.8. The van der Waals surface area contributed by atoms with Crippen molar-refractivity contribution in [3.8, 4) is 0 Å². The van der Waals surface area contributed by atoms with Crippen LogP contribution in [0.4, 0.5) is 5.69 Å². The molecule has 2 aromatic rings. The van der Waals surface area contributed by atoms with E-state index in [2.05, 4.69) is 35.2 Å². The van der Waals surface area contributed by atoms with E-state index in [1.807, 2.05) is 36.6 Å². The van der Waals surface area contributed by atoms with E-state index in [1.165, 1.54) is 18.4 Å². The van der Waals surface area contributed by atoms with Crippen LogP contribution in [0.2, 0.25) is 0 Å². The van der Waals surface area contributed by atoms with Crippen LogP contribution < -0.4 is 16.2 Å². The second-order valence-corrected chi connectivity index (χ2v) is 7.24. The van der Waals surface area contributed by atoms with Gasteiger partial charge in [-0.05, 0) is 66.7 Å². The lowest BCUT2D eigenvalue weighted by atomic mass is 10.1. The zero-order valence-electron chi connectivity index (χ0n) is 15.2. The Labute approximate surface area is 165 Å². The Morgan fingerprint density at radius 1 is 1.08 bits per heavy atom. The predicted octanol–water partition coefficient (Wildman–Crippen LogP) is 4.52. The summed E-state index contributed by atoms with van der Waals surface area (Å²) in [6, 6.07) is 15.7. The zero-order valence-corrected chi connectivity index (χ0v) is 16.8. The Balaban J connectivity index is 1.82. The van der Waals surface area contributed by atoms with Crippen LogP contribution >= 0.6 is 24.0 Å². The average Bonchev–Trinajstić information content (AvgIpc) is 2.66. The number of nitrogens with one attached hydrogen (secondary N) is 3. The van der Waals surface area contributed by atoms with E-state index in [-0.39, 0.29) is 5.91 Å². The second kappa shape index (κ2) is 10.8.